The Bertz CT molecular complexity index is 550. The second kappa shape index (κ2) is 7.43. The average Bonchev–Trinajstić information content (AvgIpc) is 2.49. The summed E-state index contributed by atoms with van der Waals surface area (Å²) in [5, 5.41) is 8.77. The van der Waals surface area contributed by atoms with Gasteiger partial charge in [0.2, 0.25) is 0 Å². The van der Waals surface area contributed by atoms with Crippen LogP contribution in [0.1, 0.15) is 19.4 Å². The van der Waals surface area contributed by atoms with Gasteiger partial charge in [-0.25, -0.2) is 0 Å². The van der Waals surface area contributed by atoms with Crippen LogP contribution in [0.2, 0.25) is 13.6 Å². The van der Waals surface area contributed by atoms with E-state index in [0.29, 0.717) is 12.3 Å². The van der Waals surface area contributed by atoms with E-state index in [1.165, 1.54) is 11.0 Å². The summed E-state index contributed by atoms with van der Waals surface area (Å²) >= 11 is 0. The van der Waals surface area contributed by atoms with E-state index in [2.05, 4.69) is 44.0 Å². The minimum Gasteiger partial charge on any atom is -0.192 e. The van der Waals surface area contributed by atoms with E-state index in [1.54, 1.807) is 0 Å². The molecule has 0 N–H and O–H groups in total. The van der Waals surface area contributed by atoms with Crippen molar-refractivity contribution in [2.75, 3.05) is 0 Å². The molecular formula is C17H20BN. The maximum Gasteiger partial charge on any atom is 0.169 e. The molecule has 0 amide bonds. The molecule has 0 aliphatic heterocycles. The fraction of sp³-hybridized carbons (Fsp3) is 0.235. The van der Waals surface area contributed by atoms with Crippen molar-refractivity contribution < 1.29 is 0 Å². The van der Waals surface area contributed by atoms with Gasteiger partial charge in [0.05, 0.1) is 11.6 Å². The summed E-state index contributed by atoms with van der Waals surface area (Å²) in [4.78, 5) is 0. The fourth-order valence-corrected chi connectivity index (χ4v) is 1.81. The molecule has 2 aromatic carbocycles. The van der Waals surface area contributed by atoms with Crippen molar-refractivity contribution >= 4 is 12.2 Å². The van der Waals surface area contributed by atoms with Crippen LogP contribution in [0.3, 0.4) is 0 Å². The molecule has 0 aliphatic carbocycles. The van der Waals surface area contributed by atoms with Gasteiger partial charge in [-0.1, -0.05) is 69.4 Å². The van der Waals surface area contributed by atoms with Crippen molar-refractivity contribution in [3.63, 3.8) is 0 Å². The predicted molar refractivity (Wildman–Crippen MR) is 85.1 cm³/mol. The van der Waals surface area contributed by atoms with E-state index >= 15 is 0 Å². The first-order valence-electron chi connectivity index (χ1n) is 6.81. The molecule has 96 valence electrons. The number of nitriles is 1. The van der Waals surface area contributed by atoms with E-state index in [-0.39, 0.29) is 0 Å². The zero-order valence-corrected chi connectivity index (χ0v) is 12.1. The fourth-order valence-electron chi connectivity index (χ4n) is 1.81. The van der Waals surface area contributed by atoms with Crippen molar-refractivity contribution in [1.82, 2.24) is 0 Å². The van der Waals surface area contributed by atoms with E-state index in [1.807, 2.05) is 38.1 Å². The largest absolute Gasteiger partial charge is 0.192 e. The molecule has 0 saturated heterocycles. The van der Waals surface area contributed by atoms with Crippen LogP contribution in [0.25, 0.3) is 11.1 Å². The Hall–Kier alpha value is -2.01. The standard InChI is InChI=1S/C15H14BN.C2H6/c1-16(2)15-5-3-4-14(10-15)13-8-6-12(11-17)7-9-13;1-2/h3-10H,1-2H3;1-2H3. The van der Waals surface area contributed by atoms with Gasteiger partial charge in [-0.05, 0) is 23.3 Å². The lowest BCUT2D eigenvalue weighted by Gasteiger charge is -2.06. The Morgan fingerprint density at radius 3 is 2.05 bits per heavy atom. The first-order chi connectivity index (χ1) is 9.20. The van der Waals surface area contributed by atoms with Gasteiger partial charge in [-0.3, -0.25) is 0 Å². The Morgan fingerprint density at radius 1 is 0.895 bits per heavy atom. The lowest BCUT2D eigenvalue weighted by Crippen LogP contribution is -2.21. The molecule has 0 spiro atoms. The Morgan fingerprint density at radius 2 is 1.53 bits per heavy atom. The Kier molecular flexibility index (Phi) is 5.89. The minimum atomic E-state index is 0.535. The van der Waals surface area contributed by atoms with Gasteiger partial charge in [0.1, 0.15) is 0 Å². The third-order valence-corrected chi connectivity index (χ3v) is 2.90. The van der Waals surface area contributed by atoms with E-state index < -0.39 is 0 Å². The first-order valence-corrected chi connectivity index (χ1v) is 6.81. The van der Waals surface area contributed by atoms with Crippen LogP contribution in [-0.4, -0.2) is 6.71 Å². The summed E-state index contributed by atoms with van der Waals surface area (Å²) in [6.45, 7) is 8.92. The number of hydrogen-bond acceptors (Lipinski definition) is 1. The molecule has 0 fully saturated rings. The van der Waals surface area contributed by atoms with Crippen molar-refractivity contribution in [1.29, 1.82) is 5.26 Å². The molecule has 0 radical (unpaired) electrons. The average molecular weight is 249 g/mol. The van der Waals surface area contributed by atoms with Crippen LogP contribution in [-0.2, 0) is 0 Å². The van der Waals surface area contributed by atoms with Crippen LogP contribution in [0.4, 0.5) is 0 Å². The second-order valence-electron chi connectivity index (χ2n) is 4.47. The van der Waals surface area contributed by atoms with Gasteiger partial charge < -0.3 is 0 Å². The topological polar surface area (TPSA) is 23.8 Å². The highest BCUT2D eigenvalue weighted by molar-refractivity contribution is 6.70. The van der Waals surface area contributed by atoms with Gasteiger partial charge in [0.25, 0.3) is 0 Å². The molecule has 2 aromatic rings. The zero-order chi connectivity index (χ0) is 14.3. The predicted octanol–water partition coefficient (Wildman–Crippen LogP) is 4.21. The quantitative estimate of drug-likeness (QED) is 0.731. The summed E-state index contributed by atoms with van der Waals surface area (Å²) in [5.74, 6) is 0. The van der Waals surface area contributed by atoms with Gasteiger partial charge in [0, 0.05) is 0 Å². The Labute approximate surface area is 117 Å². The normalized spacial score (nSPS) is 9.00. The van der Waals surface area contributed by atoms with E-state index in [4.69, 9.17) is 5.26 Å². The van der Waals surface area contributed by atoms with Gasteiger partial charge >= 0.3 is 0 Å². The lowest BCUT2D eigenvalue weighted by atomic mass is 9.49. The number of rotatable bonds is 2. The molecule has 0 atom stereocenters. The molecule has 0 bridgehead atoms. The summed E-state index contributed by atoms with van der Waals surface area (Å²) in [5.41, 5.74) is 4.41. The Balaban J connectivity index is 0.000000861. The SMILES string of the molecule is CB(C)c1cccc(-c2ccc(C#N)cc2)c1.CC. The van der Waals surface area contributed by atoms with Crippen LogP contribution >= 0.6 is 0 Å². The number of nitrogens with zero attached hydrogens (tertiary/aromatic N) is 1. The number of benzene rings is 2. The van der Waals surface area contributed by atoms with E-state index in [9.17, 15) is 0 Å². The van der Waals surface area contributed by atoms with Crippen LogP contribution < -0.4 is 5.46 Å². The molecule has 2 heteroatoms. The molecule has 1 nitrogen and oxygen atoms in total. The third-order valence-electron chi connectivity index (χ3n) is 2.90. The highest BCUT2D eigenvalue weighted by Gasteiger charge is 2.04. The highest BCUT2D eigenvalue weighted by Crippen LogP contribution is 2.18. The summed E-state index contributed by atoms with van der Waals surface area (Å²) in [6, 6.07) is 18.4. The molecule has 0 aliphatic rings. The second-order valence-corrected chi connectivity index (χ2v) is 4.47. The monoisotopic (exact) mass is 249 g/mol. The van der Waals surface area contributed by atoms with Gasteiger partial charge in [-0.2, -0.15) is 5.26 Å². The van der Waals surface area contributed by atoms with Crippen molar-refractivity contribution in [2.45, 2.75) is 27.5 Å². The van der Waals surface area contributed by atoms with Crippen LogP contribution in [0, 0.1) is 11.3 Å². The van der Waals surface area contributed by atoms with Crippen molar-refractivity contribution in [3.8, 4) is 17.2 Å². The first kappa shape index (κ1) is 15.1. The lowest BCUT2D eigenvalue weighted by molar-refractivity contribution is 1.48. The van der Waals surface area contributed by atoms with Crippen LogP contribution in [0.5, 0.6) is 0 Å². The maximum atomic E-state index is 8.77. The zero-order valence-electron chi connectivity index (χ0n) is 12.1. The van der Waals surface area contributed by atoms with Crippen molar-refractivity contribution in [2.24, 2.45) is 0 Å². The van der Waals surface area contributed by atoms with E-state index in [0.717, 1.165) is 5.56 Å². The highest BCUT2D eigenvalue weighted by atomic mass is 14.2. The minimum absolute atomic E-state index is 0.535. The maximum absolute atomic E-state index is 8.77. The molecule has 2 rings (SSSR count). The summed E-state index contributed by atoms with van der Waals surface area (Å²) in [6.07, 6.45) is 0. The molecule has 19 heavy (non-hydrogen) atoms. The van der Waals surface area contributed by atoms with Crippen LogP contribution in [0.15, 0.2) is 48.5 Å². The molecular weight excluding hydrogens is 229 g/mol. The molecule has 0 saturated carbocycles. The molecule has 0 aromatic heterocycles. The molecule has 0 heterocycles. The molecule has 0 unspecified atom stereocenters. The smallest absolute Gasteiger partial charge is 0.169 e. The van der Waals surface area contributed by atoms with Crippen molar-refractivity contribution in [3.05, 3.63) is 54.1 Å². The van der Waals surface area contributed by atoms with Gasteiger partial charge in [-0.15, -0.1) is 0 Å². The third kappa shape index (κ3) is 4.00. The van der Waals surface area contributed by atoms with Gasteiger partial charge in [0.15, 0.2) is 6.71 Å². The summed E-state index contributed by atoms with van der Waals surface area (Å²) in [7, 11) is 0. The number of hydrogen-bond donors (Lipinski definition) is 0. The summed E-state index contributed by atoms with van der Waals surface area (Å²) < 4.78 is 0.